The van der Waals surface area contributed by atoms with Crippen molar-refractivity contribution in [3.63, 3.8) is 0 Å². The predicted molar refractivity (Wildman–Crippen MR) is 172 cm³/mol. The monoisotopic (exact) mass is 715 g/mol. The first-order chi connectivity index (χ1) is 21.8. The van der Waals surface area contributed by atoms with Gasteiger partial charge in [-0.1, -0.05) is 27.5 Å². The maximum atomic E-state index is 14.1. The smallest absolute Gasteiger partial charge is 0.294 e. The van der Waals surface area contributed by atoms with Crippen molar-refractivity contribution in [2.24, 2.45) is 5.73 Å². The molecule has 2 aliphatic heterocycles. The Morgan fingerprint density at radius 1 is 1.15 bits per heavy atom. The molecule has 0 spiro atoms. The Morgan fingerprint density at radius 2 is 1.87 bits per heavy atom. The summed E-state index contributed by atoms with van der Waals surface area (Å²) in [6.07, 6.45) is 4.02. The number of nitrogens with zero attached hydrogens (tertiary/aromatic N) is 7. The summed E-state index contributed by atoms with van der Waals surface area (Å²) >= 11 is 9.30. The molecule has 17 heteroatoms. The van der Waals surface area contributed by atoms with Crippen LogP contribution in [0, 0.1) is 10.1 Å². The van der Waals surface area contributed by atoms with Crippen molar-refractivity contribution >= 4 is 68.1 Å². The molecule has 3 aromatic rings. The van der Waals surface area contributed by atoms with Gasteiger partial charge in [-0.2, -0.15) is 0 Å². The van der Waals surface area contributed by atoms with Crippen molar-refractivity contribution in [3.8, 4) is 0 Å². The SMILES string of the molecule is CC1CN(C(=O)c2cc(Br)cc([N+](=O)[O-])c2NC2(C(N)=O)CCCN2C(=O)c2cncc(N(C)c3cc(Cl)ncn3)c2)CC(C)O1. The molecule has 0 bridgehead atoms. The Balaban J connectivity index is 1.54. The number of benzene rings is 1. The minimum atomic E-state index is -1.90. The highest BCUT2D eigenvalue weighted by Crippen LogP contribution is 2.40. The Kier molecular flexibility index (Phi) is 9.42. The van der Waals surface area contributed by atoms with Gasteiger partial charge in [0.1, 0.15) is 23.0 Å². The van der Waals surface area contributed by atoms with E-state index >= 15 is 0 Å². The summed E-state index contributed by atoms with van der Waals surface area (Å²) in [4.78, 5) is 69.7. The van der Waals surface area contributed by atoms with Gasteiger partial charge in [0.05, 0.1) is 40.1 Å². The van der Waals surface area contributed by atoms with Crippen molar-refractivity contribution in [1.29, 1.82) is 0 Å². The number of morpholine rings is 1. The zero-order valence-electron chi connectivity index (χ0n) is 25.1. The van der Waals surface area contributed by atoms with Crippen LogP contribution in [0.3, 0.4) is 0 Å². The standard InChI is InChI=1S/C29H31BrClN9O6/c1-16-13-38(14-17(2)46-16)27(42)21-8-19(30)9-22(40(44)45)25(21)36-29(28(32)43)5-4-6-39(29)26(41)18-7-20(12-33-11-18)37(3)24-10-23(31)34-15-35-24/h7-12,15-17,36H,4-6,13-14H2,1-3H3,(H2,32,43). The number of pyridine rings is 1. The molecule has 3 atom stereocenters. The number of carbonyl (C=O) groups is 3. The number of halogens is 2. The van der Waals surface area contributed by atoms with E-state index in [1.54, 1.807) is 29.0 Å². The first kappa shape index (κ1) is 33.0. The zero-order chi connectivity index (χ0) is 33.3. The van der Waals surface area contributed by atoms with E-state index in [9.17, 15) is 24.5 Å². The number of carbonyl (C=O) groups excluding carboxylic acids is 3. The lowest BCUT2D eigenvalue weighted by atomic mass is 10.0. The van der Waals surface area contributed by atoms with Gasteiger partial charge in [-0.25, -0.2) is 9.97 Å². The van der Waals surface area contributed by atoms with E-state index in [-0.39, 0.29) is 64.7 Å². The van der Waals surface area contributed by atoms with E-state index in [4.69, 9.17) is 22.1 Å². The van der Waals surface area contributed by atoms with Gasteiger partial charge in [-0.3, -0.25) is 29.5 Å². The highest BCUT2D eigenvalue weighted by atomic mass is 79.9. The quantitative estimate of drug-likeness (QED) is 0.196. The normalized spacial score (nSPS) is 21.2. The van der Waals surface area contributed by atoms with Crippen LogP contribution in [0.5, 0.6) is 0 Å². The molecule has 1 aromatic carbocycles. The molecule has 2 aliphatic rings. The van der Waals surface area contributed by atoms with E-state index in [1.807, 2.05) is 13.8 Å². The fraction of sp³-hybridized carbons (Fsp3) is 0.379. The maximum Gasteiger partial charge on any atom is 0.294 e. The fourth-order valence-corrected chi connectivity index (χ4v) is 6.41. The number of primary amides is 1. The van der Waals surface area contributed by atoms with Crippen molar-refractivity contribution in [3.05, 3.63) is 73.9 Å². The van der Waals surface area contributed by atoms with Crippen LogP contribution in [0.25, 0.3) is 0 Å². The lowest BCUT2D eigenvalue weighted by Gasteiger charge is -2.38. The molecule has 2 fully saturated rings. The zero-order valence-corrected chi connectivity index (χ0v) is 27.5. The van der Waals surface area contributed by atoms with Gasteiger partial charge in [-0.15, -0.1) is 0 Å². The Hall–Kier alpha value is -4.41. The predicted octanol–water partition coefficient (Wildman–Crippen LogP) is 3.74. The first-order valence-electron chi connectivity index (χ1n) is 14.3. The average molecular weight is 717 g/mol. The second kappa shape index (κ2) is 13.1. The molecule has 2 aromatic heterocycles. The van der Waals surface area contributed by atoms with Crippen LogP contribution in [0.4, 0.5) is 22.9 Å². The molecule has 46 heavy (non-hydrogen) atoms. The van der Waals surface area contributed by atoms with Crippen molar-refractivity contribution in [2.75, 3.05) is 36.9 Å². The summed E-state index contributed by atoms with van der Waals surface area (Å²) in [7, 11) is 1.70. The average Bonchev–Trinajstić information content (AvgIpc) is 3.45. The number of nitrogens with one attached hydrogen (secondary N) is 1. The number of likely N-dealkylation sites (tertiary alicyclic amines) is 1. The van der Waals surface area contributed by atoms with E-state index < -0.39 is 34.0 Å². The van der Waals surface area contributed by atoms with Crippen LogP contribution < -0.4 is 16.0 Å². The van der Waals surface area contributed by atoms with E-state index in [0.717, 1.165) is 0 Å². The lowest BCUT2D eigenvalue weighted by molar-refractivity contribution is -0.384. The number of ether oxygens (including phenoxy) is 1. The number of anilines is 3. The molecule has 2 saturated heterocycles. The molecular formula is C29H31BrClN9O6. The van der Waals surface area contributed by atoms with Crippen LogP contribution in [0.2, 0.25) is 5.15 Å². The van der Waals surface area contributed by atoms with E-state index in [0.29, 0.717) is 17.9 Å². The molecule has 0 radical (unpaired) electrons. The minimum Gasteiger partial charge on any atom is -0.372 e. The summed E-state index contributed by atoms with van der Waals surface area (Å²) in [6.45, 7) is 4.27. The lowest BCUT2D eigenvalue weighted by Crippen LogP contribution is -2.61. The van der Waals surface area contributed by atoms with Gasteiger partial charge in [0.2, 0.25) is 0 Å². The summed E-state index contributed by atoms with van der Waals surface area (Å²) in [6, 6.07) is 5.77. The molecule has 3 unspecified atom stereocenters. The number of amides is 3. The summed E-state index contributed by atoms with van der Waals surface area (Å²) < 4.78 is 6.04. The second-order valence-corrected chi connectivity index (χ2v) is 12.5. The molecular weight excluding hydrogens is 686 g/mol. The molecule has 4 heterocycles. The van der Waals surface area contributed by atoms with Gasteiger partial charge >= 0.3 is 0 Å². The number of hydrogen-bond acceptors (Lipinski definition) is 11. The maximum absolute atomic E-state index is 14.1. The van der Waals surface area contributed by atoms with Crippen LogP contribution in [-0.2, 0) is 9.53 Å². The number of nitro groups is 1. The van der Waals surface area contributed by atoms with Gasteiger partial charge in [0, 0.05) is 55.9 Å². The van der Waals surface area contributed by atoms with Gasteiger partial charge in [0.25, 0.3) is 23.4 Å². The third-order valence-corrected chi connectivity index (χ3v) is 8.57. The Morgan fingerprint density at radius 3 is 2.52 bits per heavy atom. The first-order valence-corrected chi connectivity index (χ1v) is 15.5. The number of rotatable bonds is 8. The third-order valence-electron chi connectivity index (χ3n) is 7.90. The van der Waals surface area contributed by atoms with Gasteiger partial charge in [-0.05, 0) is 32.4 Å². The van der Waals surface area contributed by atoms with Gasteiger partial charge in [0.15, 0.2) is 5.66 Å². The Labute approximate surface area is 277 Å². The molecule has 5 rings (SSSR count). The van der Waals surface area contributed by atoms with Crippen LogP contribution in [0.1, 0.15) is 47.4 Å². The topological polar surface area (TPSA) is 190 Å². The number of aromatic nitrogens is 3. The molecule has 15 nitrogen and oxygen atoms in total. The summed E-state index contributed by atoms with van der Waals surface area (Å²) in [5.41, 5.74) is 3.93. The van der Waals surface area contributed by atoms with Crippen LogP contribution in [0.15, 0.2) is 47.5 Å². The van der Waals surface area contributed by atoms with E-state index in [2.05, 4.69) is 36.2 Å². The molecule has 3 amide bonds. The van der Waals surface area contributed by atoms with Crippen LogP contribution in [-0.4, -0.2) is 91.9 Å². The van der Waals surface area contributed by atoms with E-state index in [1.165, 1.54) is 35.8 Å². The van der Waals surface area contributed by atoms with Crippen molar-refractivity contribution in [1.82, 2.24) is 24.8 Å². The summed E-state index contributed by atoms with van der Waals surface area (Å²) in [5, 5.41) is 15.5. The second-order valence-electron chi connectivity index (χ2n) is 11.2. The molecule has 0 saturated carbocycles. The number of hydrogen-bond donors (Lipinski definition) is 2. The Bertz CT molecular complexity index is 1700. The number of nitro benzene ring substituents is 1. The van der Waals surface area contributed by atoms with Crippen molar-refractivity contribution in [2.45, 2.75) is 44.6 Å². The van der Waals surface area contributed by atoms with Crippen LogP contribution >= 0.6 is 27.5 Å². The third kappa shape index (κ3) is 6.45. The number of nitrogens with two attached hydrogens (primary N) is 1. The molecule has 3 N–H and O–H groups in total. The summed E-state index contributed by atoms with van der Waals surface area (Å²) in [5.74, 6) is -1.60. The highest BCUT2D eigenvalue weighted by Gasteiger charge is 2.51. The fourth-order valence-electron chi connectivity index (χ4n) is 5.82. The van der Waals surface area contributed by atoms with Crippen molar-refractivity contribution < 1.29 is 24.0 Å². The minimum absolute atomic E-state index is 0.0347. The largest absolute Gasteiger partial charge is 0.372 e. The molecule has 0 aliphatic carbocycles. The highest BCUT2D eigenvalue weighted by molar-refractivity contribution is 9.10. The molecule has 242 valence electrons. The van der Waals surface area contributed by atoms with Gasteiger partial charge < -0.3 is 30.5 Å².